The average Bonchev–Trinajstić information content (AvgIpc) is 2.16. The summed E-state index contributed by atoms with van der Waals surface area (Å²) < 4.78 is 0. The van der Waals surface area contributed by atoms with E-state index < -0.39 is 0 Å². The van der Waals surface area contributed by atoms with E-state index >= 15 is 0 Å². The molecular formula is C6H12O2. The summed E-state index contributed by atoms with van der Waals surface area (Å²) in [5, 5.41) is 17.4. The molecule has 48 valence electrons. The third-order valence-corrected chi connectivity index (χ3v) is 1.99. The van der Waals surface area contributed by atoms with Crippen molar-refractivity contribution in [2.45, 2.75) is 25.9 Å². The molecule has 0 amide bonds. The average molecular weight is 116 g/mol. The number of aliphatic hydroxyl groups excluding tert-OH is 2. The van der Waals surface area contributed by atoms with Gasteiger partial charge in [-0.15, -0.1) is 0 Å². The van der Waals surface area contributed by atoms with Gasteiger partial charge in [0.1, 0.15) is 0 Å². The summed E-state index contributed by atoms with van der Waals surface area (Å²) in [7, 11) is 0. The fourth-order valence-electron chi connectivity index (χ4n) is 0.907. The summed E-state index contributed by atoms with van der Waals surface area (Å²) in [5.41, 5.74) is 0.0642. The SMILES string of the molecule is C[C@]1(CCO)C[C@H]1O. The van der Waals surface area contributed by atoms with Gasteiger partial charge >= 0.3 is 0 Å². The molecule has 0 heterocycles. The molecule has 0 spiro atoms. The summed E-state index contributed by atoms with van der Waals surface area (Å²) >= 11 is 0. The van der Waals surface area contributed by atoms with Gasteiger partial charge in [-0.05, 0) is 18.3 Å². The zero-order valence-corrected chi connectivity index (χ0v) is 5.09. The van der Waals surface area contributed by atoms with Crippen molar-refractivity contribution in [3.63, 3.8) is 0 Å². The summed E-state index contributed by atoms with van der Waals surface area (Å²) in [6.45, 7) is 2.20. The molecule has 1 fully saturated rings. The highest BCUT2D eigenvalue weighted by Gasteiger charge is 2.48. The van der Waals surface area contributed by atoms with Crippen molar-refractivity contribution in [3.05, 3.63) is 0 Å². The van der Waals surface area contributed by atoms with Crippen molar-refractivity contribution in [1.29, 1.82) is 0 Å². The number of rotatable bonds is 2. The third-order valence-electron chi connectivity index (χ3n) is 1.99. The first kappa shape index (κ1) is 6.05. The van der Waals surface area contributed by atoms with Crippen molar-refractivity contribution in [2.75, 3.05) is 6.61 Å². The first-order chi connectivity index (χ1) is 3.69. The maximum absolute atomic E-state index is 8.91. The molecule has 0 aromatic heterocycles. The Balaban J connectivity index is 2.25. The standard InChI is InChI=1S/C6H12O2/c1-6(2-3-7)4-5(6)8/h5,7-8H,2-4H2,1H3/t5-,6+/m1/s1. The fraction of sp³-hybridized carbons (Fsp3) is 1.00. The van der Waals surface area contributed by atoms with Gasteiger partial charge in [-0.1, -0.05) is 6.92 Å². The van der Waals surface area contributed by atoms with Crippen LogP contribution in [0.5, 0.6) is 0 Å². The topological polar surface area (TPSA) is 40.5 Å². The van der Waals surface area contributed by atoms with E-state index in [9.17, 15) is 0 Å². The Labute approximate surface area is 49.1 Å². The van der Waals surface area contributed by atoms with Crippen molar-refractivity contribution >= 4 is 0 Å². The molecule has 1 aliphatic carbocycles. The summed E-state index contributed by atoms with van der Waals surface area (Å²) in [6.07, 6.45) is 1.47. The maximum atomic E-state index is 8.91. The molecule has 0 radical (unpaired) electrons. The summed E-state index contributed by atoms with van der Waals surface area (Å²) in [5.74, 6) is 0. The predicted octanol–water partition coefficient (Wildman–Crippen LogP) is 0.140. The lowest BCUT2D eigenvalue weighted by atomic mass is 10.1. The Bertz CT molecular complexity index is 92.5. The van der Waals surface area contributed by atoms with Crippen molar-refractivity contribution in [2.24, 2.45) is 5.41 Å². The zero-order valence-electron chi connectivity index (χ0n) is 5.09. The monoisotopic (exact) mass is 116 g/mol. The van der Waals surface area contributed by atoms with Crippen molar-refractivity contribution in [3.8, 4) is 0 Å². The lowest BCUT2D eigenvalue weighted by molar-refractivity contribution is 0.191. The molecule has 2 atom stereocenters. The lowest BCUT2D eigenvalue weighted by Crippen LogP contribution is -2.02. The molecule has 8 heavy (non-hydrogen) atoms. The first-order valence-electron chi connectivity index (χ1n) is 2.98. The normalized spacial score (nSPS) is 44.6. The molecule has 0 aliphatic heterocycles. The van der Waals surface area contributed by atoms with E-state index in [0.29, 0.717) is 0 Å². The van der Waals surface area contributed by atoms with Crippen LogP contribution in [0.4, 0.5) is 0 Å². The Morgan fingerprint density at radius 2 is 2.25 bits per heavy atom. The Morgan fingerprint density at radius 3 is 2.38 bits per heavy atom. The number of hydrogen-bond acceptors (Lipinski definition) is 2. The van der Waals surface area contributed by atoms with E-state index in [-0.39, 0.29) is 18.1 Å². The number of aliphatic hydroxyl groups is 2. The van der Waals surface area contributed by atoms with Crippen molar-refractivity contribution < 1.29 is 10.2 Å². The van der Waals surface area contributed by atoms with Crippen LogP contribution in [0.2, 0.25) is 0 Å². The highest BCUT2D eigenvalue weighted by Crippen LogP contribution is 2.47. The van der Waals surface area contributed by atoms with E-state index in [1.165, 1.54) is 0 Å². The third kappa shape index (κ3) is 0.858. The van der Waals surface area contributed by atoms with Gasteiger partial charge in [0.15, 0.2) is 0 Å². The highest BCUT2D eigenvalue weighted by atomic mass is 16.3. The minimum absolute atomic E-state index is 0.0642. The molecule has 1 saturated carbocycles. The van der Waals surface area contributed by atoms with Gasteiger partial charge < -0.3 is 10.2 Å². The van der Waals surface area contributed by atoms with E-state index in [1.54, 1.807) is 0 Å². The van der Waals surface area contributed by atoms with E-state index in [0.717, 1.165) is 12.8 Å². The smallest absolute Gasteiger partial charge is 0.0601 e. The molecule has 2 N–H and O–H groups in total. The van der Waals surface area contributed by atoms with Crippen LogP contribution in [0.15, 0.2) is 0 Å². The van der Waals surface area contributed by atoms with Crippen LogP contribution in [-0.2, 0) is 0 Å². The van der Waals surface area contributed by atoms with Crippen LogP contribution in [0, 0.1) is 5.41 Å². The predicted molar refractivity (Wildman–Crippen MR) is 30.4 cm³/mol. The van der Waals surface area contributed by atoms with E-state index in [1.807, 2.05) is 6.92 Å². The van der Waals surface area contributed by atoms with E-state index in [4.69, 9.17) is 10.2 Å². The van der Waals surface area contributed by atoms with Crippen LogP contribution in [0.1, 0.15) is 19.8 Å². The molecular weight excluding hydrogens is 104 g/mol. The Kier molecular flexibility index (Phi) is 1.29. The molecule has 0 aromatic rings. The number of hydrogen-bond donors (Lipinski definition) is 2. The molecule has 1 aliphatic rings. The molecule has 0 aromatic carbocycles. The van der Waals surface area contributed by atoms with Gasteiger partial charge in [-0.3, -0.25) is 0 Å². The van der Waals surface area contributed by atoms with Crippen LogP contribution in [0.25, 0.3) is 0 Å². The summed E-state index contributed by atoms with van der Waals surface area (Å²) in [6, 6.07) is 0. The van der Waals surface area contributed by atoms with Gasteiger partial charge in [-0.2, -0.15) is 0 Å². The molecule has 2 nitrogen and oxygen atoms in total. The largest absolute Gasteiger partial charge is 0.396 e. The lowest BCUT2D eigenvalue weighted by Gasteiger charge is -2.02. The second kappa shape index (κ2) is 1.71. The van der Waals surface area contributed by atoms with Crippen LogP contribution >= 0.6 is 0 Å². The summed E-state index contributed by atoms with van der Waals surface area (Å²) in [4.78, 5) is 0. The highest BCUT2D eigenvalue weighted by molar-refractivity contribution is 4.98. The van der Waals surface area contributed by atoms with Gasteiger partial charge in [-0.25, -0.2) is 0 Å². The van der Waals surface area contributed by atoms with Crippen LogP contribution in [0.3, 0.4) is 0 Å². The molecule has 0 saturated heterocycles. The van der Waals surface area contributed by atoms with Gasteiger partial charge in [0.05, 0.1) is 6.10 Å². The molecule has 1 rings (SSSR count). The van der Waals surface area contributed by atoms with Gasteiger partial charge in [0.25, 0.3) is 0 Å². The van der Waals surface area contributed by atoms with Crippen LogP contribution in [-0.4, -0.2) is 22.9 Å². The fourth-order valence-corrected chi connectivity index (χ4v) is 0.907. The van der Waals surface area contributed by atoms with Crippen LogP contribution < -0.4 is 0 Å². The first-order valence-corrected chi connectivity index (χ1v) is 2.98. The zero-order chi connectivity index (χ0) is 6.20. The Morgan fingerprint density at radius 1 is 1.75 bits per heavy atom. The second-order valence-electron chi connectivity index (χ2n) is 2.85. The molecule has 2 heteroatoms. The van der Waals surface area contributed by atoms with E-state index in [2.05, 4.69) is 0 Å². The minimum atomic E-state index is -0.144. The molecule has 0 bridgehead atoms. The van der Waals surface area contributed by atoms with Gasteiger partial charge in [0, 0.05) is 6.61 Å². The Hall–Kier alpha value is -0.0800. The second-order valence-corrected chi connectivity index (χ2v) is 2.85. The minimum Gasteiger partial charge on any atom is -0.396 e. The maximum Gasteiger partial charge on any atom is 0.0601 e. The van der Waals surface area contributed by atoms with Gasteiger partial charge in [0.2, 0.25) is 0 Å². The van der Waals surface area contributed by atoms with Crippen molar-refractivity contribution in [1.82, 2.24) is 0 Å². The molecule has 0 unspecified atom stereocenters. The quantitative estimate of drug-likeness (QED) is 0.538.